The van der Waals surface area contributed by atoms with Gasteiger partial charge in [0, 0.05) is 15.7 Å². The molecule has 0 aliphatic heterocycles. The van der Waals surface area contributed by atoms with E-state index >= 15 is 0 Å². The van der Waals surface area contributed by atoms with Gasteiger partial charge in [-0.2, -0.15) is 0 Å². The van der Waals surface area contributed by atoms with Gasteiger partial charge in [-0.15, -0.1) is 11.8 Å². The summed E-state index contributed by atoms with van der Waals surface area (Å²) < 4.78 is 13.2. The fourth-order valence-electron chi connectivity index (χ4n) is 0.874. The van der Waals surface area contributed by atoms with Gasteiger partial charge in [0.25, 0.3) is 0 Å². The number of benzene rings is 1. The first kappa shape index (κ1) is 12.3. The Labute approximate surface area is 96.4 Å². The molecule has 0 saturated heterocycles. The van der Waals surface area contributed by atoms with Crippen molar-refractivity contribution in [1.82, 2.24) is 0 Å². The Kier molecular flexibility index (Phi) is 4.42. The van der Waals surface area contributed by atoms with Crippen molar-refractivity contribution in [3.8, 4) is 0 Å². The predicted molar refractivity (Wildman–Crippen MR) is 58.9 cm³/mol. The Bertz CT molecular complexity index is 370. The molecule has 0 amide bonds. The zero-order valence-electron chi connectivity index (χ0n) is 8.04. The molecule has 1 atom stereocenters. The molecule has 0 heterocycles. The van der Waals surface area contributed by atoms with Crippen molar-refractivity contribution < 1.29 is 14.3 Å². The Hall–Kier alpha value is -0.740. The van der Waals surface area contributed by atoms with Gasteiger partial charge >= 0.3 is 5.97 Å². The molecule has 5 heteroatoms. The summed E-state index contributed by atoms with van der Waals surface area (Å²) in [7, 11) is 0. The molecule has 0 aliphatic rings. The van der Waals surface area contributed by atoms with Gasteiger partial charge in [0.05, 0.1) is 5.92 Å². The summed E-state index contributed by atoms with van der Waals surface area (Å²) in [6.45, 7) is 1.58. The third-order valence-corrected chi connectivity index (χ3v) is 3.33. The Morgan fingerprint density at radius 2 is 2.33 bits per heavy atom. The van der Waals surface area contributed by atoms with Crippen LogP contribution in [0.4, 0.5) is 4.39 Å². The average Bonchev–Trinajstić information content (AvgIpc) is 2.18. The molecule has 0 aliphatic carbocycles. The van der Waals surface area contributed by atoms with Gasteiger partial charge in [-0.25, -0.2) is 4.39 Å². The lowest BCUT2D eigenvalue weighted by atomic mass is 10.2. The standard InChI is InChI=1S/C10H10ClFO2S/c1-6(10(13)14)5-15-9-4-7(11)2-3-8(9)12/h2-4,6H,5H2,1H3,(H,13,14). The molecule has 0 saturated carbocycles. The summed E-state index contributed by atoms with van der Waals surface area (Å²) in [4.78, 5) is 10.9. The normalized spacial score (nSPS) is 12.5. The SMILES string of the molecule is CC(CSc1cc(Cl)ccc1F)C(=O)O. The fraction of sp³-hybridized carbons (Fsp3) is 0.300. The Balaban J connectivity index is 2.65. The Morgan fingerprint density at radius 3 is 2.93 bits per heavy atom. The van der Waals surface area contributed by atoms with E-state index in [1.165, 1.54) is 18.2 Å². The second-order valence-corrected chi connectivity index (χ2v) is 4.62. The molecule has 15 heavy (non-hydrogen) atoms. The molecule has 1 aromatic rings. The van der Waals surface area contributed by atoms with E-state index in [0.717, 1.165) is 11.8 Å². The van der Waals surface area contributed by atoms with Crippen LogP contribution in [0.1, 0.15) is 6.92 Å². The quantitative estimate of drug-likeness (QED) is 0.831. The van der Waals surface area contributed by atoms with Crippen LogP contribution in [0.2, 0.25) is 5.02 Å². The third-order valence-electron chi connectivity index (χ3n) is 1.80. The molecular formula is C10H10ClFO2S. The molecule has 2 nitrogen and oxygen atoms in total. The second kappa shape index (κ2) is 5.37. The fourth-order valence-corrected chi connectivity index (χ4v) is 2.10. The van der Waals surface area contributed by atoms with E-state index in [2.05, 4.69) is 0 Å². The van der Waals surface area contributed by atoms with Gasteiger partial charge in [0.15, 0.2) is 0 Å². The van der Waals surface area contributed by atoms with Gasteiger partial charge in [0.2, 0.25) is 0 Å². The molecule has 0 spiro atoms. The van der Waals surface area contributed by atoms with Gasteiger partial charge in [0.1, 0.15) is 5.82 Å². The van der Waals surface area contributed by atoms with Crippen molar-refractivity contribution in [2.45, 2.75) is 11.8 Å². The highest BCUT2D eigenvalue weighted by molar-refractivity contribution is 7.99. The first-order valence-electron chi connectivity index (χ1n) is 4.31. The van der Waals surface area contributed by atoms with Crippen LogP contribution in [0.25, 0.3) is 0 Å². The highest BCUT2D eigenvalue weighted by Gasteiger charge is 2.12. The largest absolute Gasteiger partial charge is 0.481 e. The minimum absolute atomic E-state index is 0.326. The van der Waals surface area contributed by atoms with Gasteiger partial charge < -0.3 is 5.11 Å². The highest BCUT2D eigenvalue weighted by atomic mass is 35.5. The van der Waals surface area contributed by atoms with Gasteiger partial charge in [-0.1, -0.05) is 18.5 Å². The van der Waals surface area contributed by atoms with Crippen LogP contribution in [-0.2, 0) is 4.79 Å². The molecule has 1 aromatic carbocycles. The van der Waals surface area contributed by atoms with Gasteiger partial charge in [-0.3, -0.25) is 4.79 Å². The number of hydrogen-bond acceptors (Lipinski definition) is 2. The minimum Gasteiger partial charge on any atom is -0.481 e. The van der Waals surface area contributed by atoms with Crippen LogP contribution in [0.5, 0.6) is 0 Å². The van der Waals surface area contributed by atoms with Crippen LogP contribution >= 0.6 is 23.4 Å². The zero-order chi connectivity index (χ0) is 11.4. The number of thioether (sulfide) groups is 1. The van der Waals surface area contributed by atoms with E-state index in [9.17, 15) is 9.18 Å². The lowest BCUT2D eigenvalue weighted by Gasteiger charge is -2.06. The van der Waals surface area contributed by atoms with Crippen LogP contribution in [0.15, 0.2) is 23.1 Å². The van der Waals surface area contributed by atoms with Crippen molar-refractivity contribution in [2.24, 2.45) is 5.92 Å². The molecule has 0 radical (unpaired) electrons. The smallest absolute Gasteiger partial charge is 0.307 e. The number of rotatable bonds is 4. The van der Waals surface area contributed by atoms with Crippen LogP contribution in [0, 0.1) is 11.7 Å². The lowest BCUT2D eigenvalue weighted by Crippen LogP contribution is -2.11. The van der Waals surface area contributed by atoms with Crippen molar-refractivity contribution in [3.63, 3.8) is 0 Å². The number of hydrogen-bond donors (Lipinski definition) is 1. The van der Waals surface area contributed by atoms with Gasteiger partial charge in [-0.05, 0) is 18.2 Å². The summed E-state index contributed by atoms with van der Waals surface area (Å²) >= 11 is 6.86. The third kappa shape index (κ3) is 3.72. The first-order chi connectivity index (χ1) is 7.00. The molecule has 1 rings (SSSR count). The summed E-state index contributed by atoms with van der Waals surface area (Å²) in [6.07, 6.45) is 0. The van der Waals surface area contributed by atoms with E-state index in [-0.39, 0.29) is 5.82 Å². The number of carboxylic acid groups (broad SMARTS) is 1. The Morgan fingerprint density at radius 1 is 1.67 bits per heavy atom. The summed E-state index contributed by atoms with van der Waals surface area (Å²) in [5.74, 6) is -1.44. The lowest BCUT2D eigenvalue weighted by molar-refractivity contribution is -0.140. The summed E-state index contributed by atoms with van der Waals surface area (Å²) in [5, 5.41) is 9.10. The molecular weight excluding hydrogens is 239 g/mol. The topological polar surface area (TPSA) is 37.3 Å². The van der Waals surface area contributed by atoms with Crippen LogP contribution < -0.4 is 0 Å². The maximum Gasteiger partial charge on any atom is 0.307 e. The average molecular weight is 249 g/mol. The monoisotopic (exact) mass is 248 g/mol. The molecule has 1 N–H and O–H groups in total. The predicted octanol–water partition coefficient (Wildman–Crippen LogP) is 3.29. The summed E-state index contributed by atoms with van der Waals surface area (Å²) in [6, 6.07) is 4.23. The van der Waals surface area contributed by atoms with E-state index in [1.54, 1.807) is 6.92 Å². The number of aliphatic carboxylic acids is 1. The van der Waals surface area contributed by atoms with E-state index in [1.807, 2.05) is 0 Å². The van der Waals surface area contributed by atoms with Crippen molar-refractivity contribution in [3.05, 3.63) is 29.0 Å². The molecule has 0 bridgehead atoms. The van der Waals surface area contributed by atoms with Crippen LogP contribution in [-0.4, -0.2) is 16.8 Å². The van der Waals surface area contributed by atoms with Crippen LogP contribution in [0.3, 0.4) is 0 Å². The number of halogens is 2. The minimum atomic E-state index is -0.884. The van der Waals surface area contributed by atoms with E-state index < -0.39 is 11.9 Å². The first-order valence-corrected chi connectivity index (χ1v) is 5.67. The van der Waals surface area contributed by atoms with Crippen molar-refractivity contribution in [2.75, 3.05) is 5.75 Å². The maximum absolute atomic E-state index is 13.2. The highest BCUT2D eigenvalue weighted by Crippen LogP contribution is 2.26. The zero-order valence-corrected chi connectivity index (χ0v) is 9.61. The molecule has 0 fully saturated rings. The molecule has 0 aromatic heterocycles. The molecule has 1 unspecified atom stereocenters. The second-order valence-electron chi connectivity index (χ2n) is 3.13. The maximum atomic E-state index is 13.2. The summed E-state index contributed by atoms with van der Waals surface area (Å²) in [5.41, 5.74) is 0. The van der Waals surface area contributed by atoms with Crippen molar-refractivity contribution in [1.29, 1.82) is 0 Å². The van der Waals surface area contributed by atoms with E-state index in [4.69, 9.17) is 16.7 Å². The van der Waals surface area contributed by atoms with E-state index in [0.29, 0.717) is 15.7 Å². The number of carbonyl (C=O) groups is 1. The number of carboxylic acids is 1. The molecule has 82 valence electrons. The van der Waals surface area contributed by atoms with Crippen molar-refractivity contribution >= 4 is 29.3 Å².